The molecule has 0 aliphatic heterocycles. The number of fused-ring (bicyclic) bond motifs is 1. The summed E-state index contributed by atoms with van der Waals surface area (Å²) in [4.78, 5) is 16.5. The second-order valence-electron chi connectivity index (χ2n) is 5.77. The summed E-state index contributed by atoms with van der Waals surface area (Å²) in [5.41, 5.74) is 4.25. The molecule has 3 heterocycles. The van der Waals surface area contributed by atoms with Crippen LogP contribution in [0.5, 0.6) is 0 Å². The van der Waals surface area contributed by atoms with Crippen LogP contribution in [-0.4, -0.2) is 25.7 Å². The lowest BCUT2D eigenvalue weighted by Crippen LogP contribution is -2.00. The maximum atomic E-state index is 12.1. The number of aromatic carboxylic acids is 1. The number of rotatable bonds is 3. The predicted molar refractivity (Wildman–Crippen MR) is 95.6 cm³/mol. The molecule has 5 heteroatoms. The number of aromatic nitrogens is 3. The Bertz CT molecular complexity index is 1080. The van der Waals surface area contributed by atoms with Crippen molar-refractivity contribution >= 4 is 11.5 Å². The summed E-state index contributed by atoms with van der Waals surface area (Å²) < 4.78 is 1.62. The maximum absolute atomic E-state index is 12.1. The first-order chi connectivity index (χ1) is 12.1. The number of hydrogen-bond acceptors (Lipinski definition) is 3. The molecule has 0 radical (unpaired) electrons. The van der Waals surface area contributed by atoms with Gasteiger partial charge in [0, 0.05) is 17.5 Å². The van der Waals surface area contributed by atoms with Gasteiger partial charge in [-0.2, -0.15) is 5.10 Å². The molecule has 4 aromatic rings. The number of aryl methyl sites for hydroxylation is 1. The SMILES string of the molecule is Cc1cccc(-c2nn3cccc(-c4ccccc4)c3c2C(=O)O)n1. The molecule has 0 atom stereocenters. The van der Waals surface area contributed by atoms with Crippen LogP contribution in [0, 0.1) is 6.92 Å². The van der Waals surface area contributed by atoms with Gasteiger partial charge in [-0.25, -0.2) is 9.31 Å². The van der Waals surface area contributed by atoms with Crippen LogP contribution >= 0.6 is 0 Å². The second kappa shape index (κ2) is 5.87. The third-order valence-corrected chi connectivity index (χ3v) is 4.09. The molecular weight excluding hydrogens is 314 g/mol. The molecule has 5 nitrogen and oxygen atoms in total. The van der Waals surface area contributed by atoms with Gasteiger partial charge in [0.05, 0.1) is 11.2 Å². The van der Waals surface area contributed by atoms with E-state index >= 15 is 0 Å². The van der Waals surface area contributed by atoms with E-state index in [1.54, 1.807) is 16.8 Å². The smallest absolute Gasteiger partial charge is 0.340 e. The number of carbonyl (C=O) groups is 1. The summed E-state index contributed by atoms with van der Waals surface area (Å²) >= 11 is 0. The molecule has 0 amide bonds. The Kier molecular flexibility index (Phi) is 3.54. The Balaban J connectivity index is 2.07. The lowest BCUT2D eigenvalue weighted by molar-refractivity contribution is 0.0700. The highest BCUT2D eigenvalue weighted by molar-refractivity contribution is 6.06. The van der Waals surface area contributed by atoms with Crippen LogP contribution in [0.1, 0.15) is 16.1 Å². The van der Waals surface area contributed by atoms with Gasteiger partial charge in [-0.3, -0.25) is 4.98 Å². The zero-order valence-corrected chi connectivity index (χ0v) is 13.5. The van der Waals surface area contributed by atoms with Gasteiger partial charge in [0.1, 0.15) is 11.3 Å². The van der Waals surface area contributed by atoms with E-state index in [1.165, 1.54) is 0 Å². The first kappa shape index (κ1) is 15.1. The molecular formula is C20H15N3O2. The van der Waals surface area contributed by atoms with Gasteiger partial charge >= 0.3 is 5.97 Å². The fourth-order valence-corrected chi connectivity index (χ4v) is 3.01. The summed E-state index contributed by atoms with van der Waals surface area (Å²) in [6.45, 7) is 1.87. The van der Waals surface area contributed by atoms with Crippen molar-refractivity contribution in [3.63, 3.8) is 0 Å². The van der Waals surface area contributed by atoms with Crippen molar-refractivity contribution in [3.05, 3.63) is 78.1 Å². The lowest BCUT2D eigenvalue weighted by atomic mass is 10.0. The van der Waals surface area contributed by atoms with E-state index in [1.807, 2.05) is 61.5 Å². The number of nitrogens with zero attached hydrogens (tertiary/aromatic N) is 3. The van der Waals surface area contributed by atoms with Gasteiger partial charge in [-0.15, -0.1) is 0 Å². The third-order valence-electron chi connectivity index (χ3n) is 4.09. The molecule has 0 fully saturated rings. The summed E-state index contributed by atoms with van der Waals surface area (Å²) in [7, 11) is 0. The molecule has 1 aromatic carbocycles. The zero-order valence-electron chi connectivity index (χ0n) is 13.5. The van der Waals surface area contributed by atoms with Gasteiger partial charge in [0.25, 0.3) is 0 Å². The Morgan fingerprint density at radius 3 is 2.52 bits per heavy atom. The van der Waals surface area contributed by atoms with E-state index in [9.17, 15) is 9.90 Å². The van der Waals surface area contributed by atoms with E-state index in [0.29, 0.717) is 16.9 Å². The third kappa shape index (κ3) is 2.55. The molecule has 4 rings (SSSR count). The minimum absolute atomic E-state index is 0.164. The molecule has 0 bridgehead atoms. The number of pyridine rings is 2. The van der Waals surface area contributed by atoms with Crippen molar-refractivity contribution in [3.8, 4) is 22.5 Å². The Labute approximate surface area is 144 Å². The molecule has 25 heavy (non-hydrogen) atoms. The first-order valence-electron chi connectivity index (χ1n) is 7.89. The average Bonchev–Trinajstić information content (AvgIpc) is 3.02. The normalized spacial score (nSPS) is 10.9. The van der Waals surface area contributed by atoms with Crippen LogP contribution in [0.25, 0.3) is 28.0 Å². The highest BCUT2D eigenvalue weighted by Gasteiger charge is 2.23. The highest BCUT2D eigenvalue weighted by atomic mass is 16.4. The summed E-state index contributed by atoms with van der Waals surface area (Å²) in [6, 6.07) is 19.0. The van der Waals surface area contributed by atoms with Crippen molar-refractivity contribution < 1.29 is 9.90 Å². The first-order valence-corrected chi connectivity index (χ1v) is 7.89. The average molecular weight is 329 g/mol. The van der Waals surface area contributed by atoms with Crippen LogP contribution in [0.4, 0.5) is 0 Å². The van der Waals surface area contributed by atoms with E-state index in [2.05, 4.69) is 10.1 Å². The minimum Gasteiger partial charge on any atom is -0.478 e. The van der Waals surface area contributed by atoms with Crippen LogP contribution in [0.15, 0.2) is 66.9 Å². The zero-order chi connectivity index (χ0) is 17.4. The van der Waals surface area contributed by atoms with Crippen molar-refractivity contribution in [2.75, 3.05) is 0 Å². The van der Waals surface area contributed by atoms with Crippen LogP contribution in [0.2, 0.25) is 0 Å². The molecule has 0 aliphatic carbocycles. The van der Waals surface area contributed by atoms with Gasteiger partial charge in [0.15, 0.2) is 0 Å². The van der Waals surface area contributed by atoms with E-state index in [4.69, 9.17) is 0 Å². The van der Waals surface area contributed by atoms with Crippen molar-refractivity contribution in [2.45, 2.75) is 6.92 Å². The summed E-state index contributed by atoms with van der Waals surface area (Å²) in [6.07, 6.45) is 1.76. The number of carboxylic acids is 1. The molecule has 1 N–H and O–H groups in total. The standard InChI is InChI=1S/C20H15N3O2/c1-13-7-5-11-16(21-13)18-17(20(24)25)19-15(10-6-12-23(19)22-18)14-8-3-2-4-9-14/h2-12H,1H3,(H,24,25). The van der Waals surface area contributed by atoms with Crippen LogP contribution in [0.3, 0.4) is 0 Å². The molecule has 0 unspecified atom stereocenters. The largest absolute Gasteiger partial charge is 0.478 e. The molecule has 3 aromatic heterocycles. The quantitative estimate of drug-likeness (QED) is 0.615. The minimum atomic E-state index is -1.02. The molecule has 0 aliphatic rings. The Morgan fingerprint density at radius 1 is 1.00 bits per heavy atom. The highest BCUT2D eigenvalue weighted by Crippen LogP contribution is 2.32. The summed E-state index contributed by atoms with van der Waals surface area (Å²) in [5, 5.41) is 14.4. The van der Waals surface area contributed by atoms with Crippen LogP contribution in [-0.2, 0) is 0 Å². The molecule has 0 saturated heterocycles. The Morgan fingerprint density at radius 2 is 1.80 bits per heavy atom. The van der Waals surface area contributed by atoms with Gasteiger partial charge < -0.3 is 5.11 Å². The van der Waals surface area contributed by atoms with E-state index in [-0.39, 0.29) is 5.56 Å². The second-order valence-corrected chi connectivity index (χ2v) is 5.77. The fourth-order valence-electron chi connectivity index (χ4n) is 3.01. The van der Waals surface area contributed by atoms with E-state index in [0.717, 1.165) is 16.8 Å². The number of carboxylic acid groups (broad SMARTS) is 1. The van der Waals surface area contributed by atoms with E-state index < -0.39 is 5.97 Å². The van der Waals surface area contributed by atoms with Crippen molar-refractivity contribution in [2.24, 2.45) is 0 Å². The molecule has 122 valence electrons. The van der Waals surface area contributed by atoms with Crippen molar-refractivity contribution in [1.29, 1.82) is 0 Å². The fraction of sp³-hybridized carbons (Fsp3) is 0.0500. The predicted octanol–water partition coefficient (Wildman–Crippen LogP) is 4.07. The Hall–Kier alpha value is -3.47. The monoisotopic (exact) mass is 329 g/mol. The topological polar surface area (TPSA) is 67.5 Å². The lowest BCUT2D eigenvalue weighted by Gasteiger charge is -2.05. The molecule has 0 saturated carbocycles. The maximum Gasteiger partial charge on any atom is 0.340 e. The van der Waals surface area contributed by atoms with Gasteiger partial charge in [0.2, 0.25) is 0 Å². The number of benzene rings is 1. The van der Waals surface area contributed by atoms with Gasteiger partial charge in [-0.1, -0.05) is 42.5 Å². The summed E-state index contributed by atoms with van der Waals surface area (Å²) in [5.74, 6) is -1.02. The number of hydrogen-bond donors (Lipinski definition) is 1. The molecule has 0 spiro atoms. The van der Waals surface area contributed by atoms with Gasteiger partial charge in [-0.05, 0) is 30.7 Å². The van der Waals surface area contributed by atoms with Crippen molar-refractivity contribution in [1.82, 2.24) is 14.6 Å². The van der Waals surface area contributed by atoms with Crippen LogP contribution < -0.4 is 0 Å².